The molecule has 0 aromatic heterocycles. The first kappa shape index (κ1) is 14.8. The van der Waals surface area contributed by atoms with Gasteiger partial charge in [-0.25, -0.2) is 0 Å². The highest BCUT2D eigenvalue weighted by atomic mass is 16.2. The third kappa shape index (κ3) is 3.71. The van der Waals surface area contributed by atoms with Crippen molar-refractivity contribution in [1.29, 1.82) is 0 Å². The Bertz CT molecular complexity index is 297. The summed E-state index contributed by atoms with van der Waals surface area (Å²) in [5.41, 5.74) is 0. The lowest BCUT2D eigenvalue weighted by Gasteiger charge is -2.32. The van der Waals surface area contributed by atoms with Crippen LogP contribution in [0, 0.1) is 17.8 Å². The Balaban J connectivity index is 1.85. The number of hydrogen-bond acceptors (Lipinski definition) is 2. The molecule has 0 saturated carbocycles. The van der Waals surface area contributed by atoms with E-state index in [9.17, 15) is 4.79 Å². The first-order chi connectivity index (χ1) is 9.09. The third-order valence-corrected chi connectivity index (χ3v) is 5.07. The Morgan fingerprint density at radius 1 is 1.21 bits per heavy atom. The highest BCUT2D eigenvalue weighted by molar-refractivity contribution is 5.77. The van der Waals surface area contributed by atoms with Gasteiger partial charge in [-0.3, -0.25) is 4.79 Å². The van der Waals surface area contributed by atoms with Gasteiger partial charge in [0.1, 0.15) is 0 Å². The minimum absolute atomic E-state index is 0.405. The van der Waals surface area contributed by atoms with Crippen molar-refractivity contribution in [1.82, 2.24) is 10.2 Å². The lowest BCUT2D eigenvalue weighted by Crippen LogP contribution is -2.40. The average molecular weight is 266 g/mol. The van der Waals surface area contributed by atoms with Crippen LogP contribution in [0.2, 0.25) is 0 Å². The van der Waals surface area contributed by atoms with Crippen LogP contribution >= 0.6 is 0 Å². The van der Waals surface area contributed by atoms with E-state index >= 15 is 0 Å². The highest BCUT2D eigenvalue weighted by Crippen LogP contribution is 2.28. The van der Waals surface area contributed by atoms with Gasteiger partial charge in [0.15, 0.2) is 0 Å². The fourth-order valence-corrected chi connectivity index (χ4v) is 3.77. The molecule has 1 amide bonds. The Hall–Kier alpha value is -0.570. The summed E-state index contributed by atoms with van der Waals surface area (Å²) in [4.78, 5) is 14.7. The standard InChI is InChI=1S/C16H30N2O/c1-12(2)15-5-4-10-18(15)16(19)11-13(3)14-6-8-17-9-7-14/h12-15,17H,4-11H2,1-3H3. The molecule has 0 aromatic carbocycles. The molecule has 2 aliphatic rings. The Labute approximate surface area is 118 Å². The molecule has 19 heavy (non-hydrogen) atoms. The zero-order chi connectivity index (χ0) is 13.8. The fraction of sp³-hybridized carbons (Fsp3) is 0.938. The second-order valence-electron chi connectivity index (χ2n) is 6.81. The van der Waals surface area contributed by atoms with Crippen molar-refractivity contribution < 1.29 is 4.79 Å². The molecule has 0 aromatic rings. The van der Waals surface area contributed by atoms with Crippen LogP contribution in [0.15, 0.2) is 0 Å². The van der Waals surface area contributed by atoms with Gasteiger partial charge in [0, 0.05) is 19.0 Å². The molecular weight excluding hydrogens is 236 g/mol. The van der Waals surface area contributed by atoms with Gasteiger partial charge >= 0.3 is 0 Å². The van der Waals surface area contributed by atoms with Crippen LogP contribution in [0.4, 0.5) is 0 Å². The van der Waals surface area contributed by atoms with Crippen molar-refractivity contribution in [3.05, 3.63) is 0 Å². The summed E-state index contributed by atoms with van der Waals surface area (Å²) < 4.78 is 0. The zero-order valence-electron chi connectivity index (χ0n) is 12.8. The lowest BCUT2D eigenvalue weighted by molar-refractivity contribution is -0.134. The normalized spacial score (nSPS) is 26.9. The van der Waals surface area contributed by atoms with Crippen molar-refractivity contribution >= 4 is 5.91 Å². The van der Waals surface area contributed by atoms with Crippen molar-refractivity contribution in [2.75, 3.05) is 19.6 Å². The van der Waals surface area contributed by atoms with Crippen molar-refractivity contribution in [2.45, 2.75) is 58.9 Å². The Morgan fingerprint density at radius 2 is 1.89 bits per heavy atom. The SMILES string of the molecule is CC(C)C1CCCN1C(=O)CC(C)C1CCNCC1. The van der Waals surface area contributed by atoms with E-state index in [-0.39, 0.29) is 0 Å². The van der Waals surface area contributed by atoms with Crippen LogP contribution in [-0.2, 0) is 4.79 Å². The molecule has 2 aliphatic heterocycles. The van der Waals surface area contributed by atoms with Gasteiger partial charge in [0.25, 0.3) is 0 Å². The summed E-state index contributed by atoms with van der Waals surface area (Å²) in [6, 6.07) is 0.493. The minimum Gasteiger partial charge on any atom is -0.339 e. The van der Waals surface area contributed by atoms with E-state index in [4.69, 9.17) is 0 Å². The molecule has 110 valence electrons. The molecule has 2 rings (SSSR count). The largest absolute Gasteiger partial charge is 0.339 e. The second-order valence-corrected chi connectivity index (χ2v) is 6.81. The minimum atomic E-state index is 0.405. The molecule has 3 nitrogen and oxygen atoms in total. The highest BCUT2D eigenvalue weighted by Gasteiger charge is 2.32. The zero-order valence-corrected chi connectivity index (χ0v) is 12.8. The van der Waals surface area contributed by atoms with Gasteiger partial charge in [-0.1, -0.05) is 20.8 Å². The van der Waals surface area contributed by atoms with Crippen LogP contribution in [0.5, 0.6) is 0 Å². The van der Waals surface area contributed by atoms with Gasteiger partial charge in [-0.2, -0.15) is 0 Å². The maximum Gasteiger partial charge on any atom is 0.223 e. The van der Waals surface area contributed by atoms with E-state index in [1.807, 2.05) is 0 Å². The second kappa shape index (κ2) is 6.74. The van der Waals surface area contributed by atoms with E-state index in [0.717, 1.165) is 32.0 Å². The Morgan fingerprint density at radius 3 is 2.53 bits per heavy atom. The van der Waals surface area contributed by atoms with Crippen molar-refractivity contribution in [3.63, 3.8) is 0 Å². The fourth-order valence-electron chi connectivity index (χ4n) is 3.77. The number of rotatable bonds is 4. The van der Waals surface area contributed by atoms with Crippen molar-refractivity contribution in [3.8, 4) is 0 Å². The van der Waals surface area contributed by atoms with Crippen LogP contribution in [-0.4, -0.2) is 36.5 Å². The molecule has 2 fully saturated rings. The summed E-state index contributed by atoms with van der Waals surface area (Å²) in [6.45, 7) is 10.00. The number of carbonyl (C=O) groups is 1. The summed E-state index contributed by atoms with van der Waals surface area (Å²) >= 11 is 0. The molecule has 2 saturated heterocycles. The monoisotopic (exact) mass is 266 g/mol. The third-order valence-electron chi connectivity index (χ3n) is 5.07. The molecule has 0 aliphatic carbocycles. The molecule has 0 radical (unpaired) electrons. The average Bonchev–Trinajstić information content (AvgIpc) is 2.89. The summed E-state index contributed by atoms with van der Waals surface area (Å²) in [5, 5.41) is 3.40. The van der Waals surface area contributed by atoms with E-state index in [1.165, 1.54) is 25.7 Å². The molecule has 2 heterocycles. The van der Waals surface area contributed by atoms with E-state index < -0.39 is 0 Å². The number of carbonyl (C=O) groups excluding carboxylic acids is 1. The summed E-state index contributed by atoms with van der Waals surface area (Å²) in [5.74, 6) is 2.29. The molecule has 2 unspecified atom stereocenters. The number of nitrogens with one attached hydrogen (secondary N) is 1. The summed E-state index contributed by atoms with van der Waals surface area (Å²) in [7, 11) is 0. The quantitative estimate of drug-likeness (QED) is 0.848. The van der Waals surface area contributed by atoms with E-state index in [1.54, 1.807) is 0 Å². The first-order valence-corrected chi connectivity index (χ1v) is 8.09. The van der Waals surface area contributed by atoms with Crippen molar-refractivity contribution in [2.24, 2.45) is 17.8 Å². The van der Waals surface area contributed by atoms with Gasteiger partial charge in [0.2, 0.25) is 5.91 Å². The predicted molar refractivity (Wildman–Crippen MR) is 78.9 cm³/mol. The molecular formula is C16H30N2O. The maximum absolute atomic E-state index is 12.5. The van der Waals surface area contributed by atoms with Crippen LogP contribution in [0.1, 0.15) is 52.9 Å². The lowest BCUT2D eigenvalue weighted by atomic mass is 9.84. The van der Waals surface area contributed by atoms with Crippen LogP contribution in [0.3, 0.4) is 0 Å². The number of piperidine rings is 1. The number of hydrogen-bond donors (Lipinski definition) is 1. The maximum atomic E-state index is 12.5. The smallest absolute Gasteiger partial charge is 0.223 e. The number of nitrogens with zero attached hydrogens (tertiary/aromatic N) is 1. The predicted octanol–water partition coefficient (Wildman–Crippen LogP) is 2.66. The number of amides is 1. The molecule has 0 spiro atoms. The van der Waals surface area contributed by atoms with Gasteiger partial charge in [-0.05, 0) is 56.5 Å². The topological polar surface area (TPSA) is 32.3 Å². The summed E-state index contributed by atoms with van der Waals surface area (Å²) in [6.07, 6.45) is 5.62. The molecule has 2 atom stereocenters. The van der Waals surface area contributed by atoms with Gasteiger partial charge < -0.3 is 10.2 Å². The van der Waals surface area contributed by atoms with E-state index in [2.05, 4.69) is 31.0 Å². The Kier molecular flexibility index (Phi) is 5.26. The van der Waals surface area contributed by atoms with Gasteiger partial charge in [0.05, 0.1) is 0 Å². The van der Waals surface area contributed by atoms with Gasteiger partial charge in [-0.15, -0.1) is 0 Å². The van der Waals surface area contributed by atoms with Crippen LogP contribution in [0.25, 0.3) is 0 Å². The molecule has 1 N–H and O–H groups in total. The van der Waals surface area contributed by atoms with E-state index in [0.29, 0.717) is 23.8 Å². The molecule has 3 heteroatoms. The first-order valence-electron chi connectivity index (χ1n) is 8.09. The van der Waals surface area contributed by atoms with Crippen LogP contribution < -0.4 is 5.32 Å². The number of likely N-dealkylation sites (tertiary alicyclic amines) is 1. The molecule has 0 bridgehead atoms.